The topological polar surface area (TPSA) is 64.9 Å². The van der Waals surface area contributed by atoms with E-state index in [2.05, 4.69) is 49.8 Å². The molecule has 0 saturated heterocycles. The smallest absolute Gasteiger partial charge is 0.137 e. The van der Waals surface area contributed by atoms with Crippen LogP contribution in [-0.2, 0) is 32.6 Å². The first-order valence-electron chi connectivity index (χ1n) is 8.42. The minimum atomic E-state index is 0.447. The number of hydrogen-bond acceptors (Lipinski definition) is 5. The predicted octanol–water partition coefficient (Wildman–Crippen LogP) is 1.96. The van der Waals surface area contributed by atoms with E-state index in [0.29, 0.717) is 5.92 Å². The second-order valence-electron chi connectivity index (χ2n) is 6.37. The highest BCUT2D eigenvalue weighted by Crippen LogP contribution is 2.20. The molecule has 7 heteroatoms. The molecule has 0 aromatic carbocycles. The fraction of sp³-hybridized carbons (Fsp3) is 0.471. The van der Waals surface area contributed by atoms with Crippen molar-refractivity contribution in [1.82, 2.24) is 29.2 Å². The third-order valence-electron chi connectivity index (χ3n) is 4.50. The SMILES string of the molecule is CCc1ccc(CN2Cc3nccn3CC(Cn3cncn3)C2)o1. The normalized spacial score (nSPS) is 18.5. The van der Waals surface area contributed by atoms with Gasteiger partial charge in [-0.3, -0.25) is 9.58 Å². The molecule has 1 aliphatic rings. The molecule has 0 aliphatic carbocycles. The lowest BCUT2D eigenvalue weighted by Crippen LogP contribution is -2.30. The minimum absolute atomic E-state index is 0.447. The van der Waals surface area contributed by atoms with Gasteiger partial charge in [-0.05, 0) is 12.1 Å². The number of furan rings is 1. The first kappa shape index (κ1) is 15.1. The molecular formula is C17H22N6O. The van der Waals surface area contributed by atoms with Crippen LogP contribution in [0.15, 0.2) is 41.6 Å². The predicted molar refractivity (Wildman–Crippen MR) is 87.9 cm³/mol. The third kappa shape index (κ3) is 3.26. The molecule has 1 aliphatic heterocycles. The van der Waals surface area contributed by atoms with Crippen molar-refractivity contribution in [1.29, 1.82) is 0 Å². The summed E-state index contributed by atoms with van der Waals surface area (Å²) < 4.78 is 10.1. The fourth-order valence-electron chi connectivity index (χ4n) is 3.37. The Labute approximate surface area is 140 Å². The lowest BCUT2D eigenvalue weighted by molar-refractivity contribution is 0.191. The Bertz CT molecular complexity index is 775. The Balaban J connectivity index is 1.52. The van der Waals surface area contributed by atoms with E-state index in [4.69, 9.17) is 4.42 Å². The summed E-state index contributed by atoms with van der Waals surface area (Å²) >= 11 is 0. The van der Waals surface area contributed by atoms with Crippen molar-refractivity contribution >= 4 is 0 Å². The number of fused-ring (bicyclic) bond motifs is 1. The van der Waals surface area contributed by atoms with Gasteiger partial charge in [-0.15, -0.1) is 0 Å². The standard InChI is InChI=1S/C17H22N6O/c1-2-15-3-4-16(24-15)10-21-7-14(9-23-13-18-12-20-23)8-22-6-5-19-17(22)11-21/h3-6,12-14H,2,7-11H2,1H3. The molecule has 0 radical (unpaired) electrons. The molecule has 1 atom stereocenters. The van der Waals surface area contributed by atoms with Crippen molar-refractivity contribution in [2.45, 2.75) is 39.5 Å². The van der Waals surface area contributed by atoms with Crippen LogP contribution >= 0.6 is 0 Å². The molecule has 3 aromatic rings. The van der Waals surface area contributed by atoms with Crippen LogP contribution in [0.3, 0.4) is 0 Å². The van der Waals surface area contributed by atoms with Gasteiger partial charge in [0.15, 0.2) is 0 Å². The summed E-state index contributed by atoms with van der Waals surface area (Å²) in [6, 6.07) is 4.16. The van der Waals surface area contributed by atoms with E-state index in [1.165, 1.54) is 0 Å². The number of aromatic nitrogens is 5. The highest BCUT2D eigenvalue weighted by Gasteiger charge is 2.23. The Morgan fingerprint density at radius 1 is 1.25 bits per heavy atom. The quantitative estimate of drug-likeness (QED) is 0.717. The van der Waals surface area contributed by atoms with Crippen LogP contribution in [0.5, 0.6) is 0 Å². The average Bonchev–Trinajstić information content (AvgIpc) is 3.30. The Morgan fingerprint density at radius 2 is 2.17 bits per heavy atom. The molecule has 7 nitrogen and oxygen atoms in total. The van der Waals surface area contributed by atoms with E-state index in [9.17, 15) is 0 Å². The Morgan fingerprint density at radius 3 is 2.96 bits per heavy atom. The van der Waals surface area contributed by atoms with Gasteiger partial charge in [0, 0.05) is 44.4 Å². The highest BCUT2D eigenvalue weighted by molar-refractivity contribution is 5.07. The fourth-order valence-corrected chi connectivity index (χ4v) is 3.37. The zero-order valence-corrected chi connectivity index (χ0v) is 13.9. The van der Waals surface area contributed by atoms with E-state index >= 15 is 0 Å². The van der Waals surface area contributed by atoms with Crippen molar-refractivity contribution < 1.29 is 4.42 Å². The van der Waals surface area contributed by atoms with E-state index < -0.39 is 0 Å². The second-order valence-corrected chi connectivity index (χ2v) is 6.37. The molecule has 3 aromatic heterocycles. The molecule has 0 amide bonds. The van der Waals surface area contributed by atoms with Crippen molar-refractivity contribution in [3.8, 4) is 0 Å². The monoisotopic (exact) mass is 326 g/mol. The molecule has 1 unspecified atom stereocenters. The van der Waals surface area contributed by atoms with Gasteiger partial charge in [-0.1, -0.05) is 6.92 Å². The van der Waals surface area contributed by atoms with Crippen LogP contribution in [0.2, 0.25) is 0 Å². The maximum atomic E-state index is 5.89. The maximum Gasteiger partial charge on any atom is 0.137 e. The van der Waals surface area contributed by atoms with E-state index in [-0.39, 0.29) is 0 Å². The molecule has 0 bridgehead atoms. The largest absolute Gasteiger partial charge is 0.465 e. The lowest BCUT2D eigenvalue weighted by Gasteiger charge is -2.22. The molecule has 0 fully saturated rings. The molecule has 4 rings (SSSR count). The van der Waals surface area contributed by atoms with Crippen LogP contribution in [0, 0.1) is 5.92 Å². The third-order valence-corrected chi connectivity index (χ3v) is 4.50. The molecule has 24 heavy (non-hydrogen) atoms. The molecular weight excluding hydrogens is 304 g/mol. The number of rotatable bonds is 5. The van der Waals surface area contributed by atoms with E-state index in [1.54, 1.807) is 12.7 Å². The summed E-state index contributed by atoms with van der Waals surface area (Å²) in [5.41, 5.74) is 0. The number of imidazole rings is 1. The minimum Gasteiger partial charge on any atom is -0.465 e. The van der Waals surface area contributed by atoms with Gasteiger partial charge in [0.05, 0.1) is 13.1 Å². The van der Waals surface area contributed by atoms with Gasteiger partial charge < -0.3 is 8.98 Å². The number of hydrogen-bond donors (Lipinski definition) is 0. The Kier molecular flexibility index (Phi) is 4.17. The van der Waals surface area contributed by atoms with E-state index in [0.717, 1.165) is 56.5 Å². The van der Waals surface area contributed by atoms with Gasteiger partial charge >= 0.3 is 0 Å². The maximum absolute atomic E-state index is 5.89. The summed E-state index contributed by atoms with van der Waals surface area (Å²) in [6.07, 6.45) is 8.25. The van der Waals surface area contributed by atoms with Gasteiger partial charge in [0.2, 0.25) is 0 Å². The highest BCUT2D eigenvalue weighted by atomic mass is 16.3. The Hall–Kier alpha value is -2.41. The summed E-state index contributed by atoms with van der Waals surface area (Å²) in [7, 11) is 0. The zero-order chi connectivity index (χ0) is 16.4. The van der Waals surface area contributed by atoms with Crippen LogP contribution in [0.4, 0.5) is 0 Å². The molecule has 0 saturated carbocycles. The van der Waals surface area contributed by atoms with Gasteiger partial charge in [-0.25, -0.2) is 9.97 Å². The van der Waals surface area contributed by atoms with Crippen LogP contribution < -0.4 is 0 Å². The van der Waals surface area contributed by atoms with Crippen LogP contribution in [0.1, 0.15) is 24.3 Å². The summed E-state index contributed by atoms with van der Waals surface area (Å²) in [5, 5.41) is 4.25. The number of aryl methyl sites for hydroxylation is 1. The first-order chi connectivity index (χ1) is 11.8. The van der Waals surface area contributed by atoms with Crippen molar-refractivity contribution in [3.05, 3.63) is 54.5 Å². The van der Waals surface area contributed by atoms with Crippen molar-refractivity contribution in [3.63, 3.8) is 0 Å². The van der Waals surface area contributed by atoms with Crippen LogP contribution in [0.25, 0.3) is 0 Å². The first-order valence-corrected chi connectivity index (χ1v) is 8.42. The number of nitrogens with zero attached hydrogens (tertiary/aromatic N) is 6. The molecule has 126 valence electrons. The van der Waals surface area contributed by atoms with Crippen LogP contribution in [-0.4, -0.2) is 35.8 Å². The summed E-state index contributed by atoms with van der Waals surface area (Å²) in [5.74, 6) is 3.62. The summed E-state index contributed by atoms with van der Waals surface area (Å²) in [6.45, 7) is 6.53. The zero-order valence-electron chi connectivity index (χ0n) is 13.9. The van der Waals surface area contributed by atoms with E-state index in [1.807, 2.05) is 10.9 Å². The lowest BCUT2D eigenvalue weighted by atomic mass is 10.1. The molecule has 0 spiro atoms. The van der Waals surface area contributed by atoms with Crippen molar-refractivity contribution in [2.75, 3.05) is 6.54 Å². The van der Waals surface area contributed by atoms with Gasteiger partial charge in [-0.2, -0.15) is 5.10 Å². The van der Waals surface area contributed by atoms with Gasteiger partial charge in [0.1, 0.15) is 30.0 Å². The van der Waals surface area contributed by atoms with Crippen molar-refractivity contribution in [2.24, 2.45) is 5.92 Å². The molecule has 4 heterocycles. The molecule has 0 N–H and O–H groups in total. The second kappa shape index (κ2) is 6.60. The summed E-state index contributed by atoms with van der Waals surface area (Å²) in [4.78, 5) is 11.0. The van der Waals surface area contributed by atoms with Gasteiger partial charge in [0.25, 0.3) is 0 Å². The average molecular weight is 326 g/mol.